The van der Waals surface area contributed by atoms with Crippen molar-refractivity contribution >= 4 is 34.7 Å². The molecule has 0 saturated heterocycles. The molecule has 4 aromatic carbocycles. The van der Waals surface area contributed by atoms with Crippen LogP contribution in [-0.4, -0.2) is 49.9 Å². The minimum Gasteiger partial charge on any atom is -0.349 e. The van der Waals surface area contributed by atoms with Gasteiger partial charge in [-0.25, -0.2) is 9.98 Å². The lowest BCUT2D eigenvalue weighted by Gasteiger charge is -2.22. The fourth-order valence-electron chi connectivity index (χ4n) is 4.87. The van der Waals surface area contributed by atoms with Gasteiger partial charge in [0.25, 0.3) is 0 Å². The molecule has 0 atom stereocenters. The zero-order valence-electron chi connectivity index (χ0n) is 23.9. The first kappa shape index (κ1) is 27.0. The maximum absolute atomic E-state index is 5.12. The van der Waals surface area contributed by atoms with Crippen molar-refractivity contribution in [3.63, 3.8) is 0 Å². The lowest BCUT2D eigenvalue weighted by atomic mass is 10.0. The Morgan fingerprint density at radius 1 is 0.450 bits per heavy atom. The van der Waals surface area contributed by atoms with E-state index in [1.807, 2.05) is 38.0 Å². The van der Waals surface area contributed by atoms with Crippen LogP contribution in [0, 0.1) is 0 Å². The molecule has 0 saturated carbocycles. The van der Waals surface area contributed by atoms with E-state index in [4.69, 9.17) is 9.98 Å². The lowest BCUT2D eigenvalue weighted by Crippen LogP contribution is -2.30. The number of fused-ring (bicyclic) bond motifs is 4. The summed E-state index contributed by atoms with van der Waals surface area (Å²) < 4.78 is 0. The van der Waals surface area contributed by atoms with Crippen LogP contribution >= 0.6 is 0 Å². The summed E-state index contributed by atoms with van der Waals surface area (Å²) in [5.74, 6) is 1.62. The summed E-state index contributed by atoms with van der Waals surface area (Å²) in [7, 11) is 8.12. The summed E-state index contributed by atoms with van der Waals surface area (Å²) in [6, 6.07) is 33.9. The third-order valence-corrected chi connectivity index (χ3v) is 7.14. The van der Waals surface area contributed by atoms with Gasteiger partial charge in [-0.2, -0.15) is 0 Å². The molecule has 0 fully saturated rings. The van der Waals surface area contributed by atoms with Crippen molar-refractivity contribution < 1.29 is 0 Å². The molecule has 1 aliphatic heterocycles. The van der Waals surface area contributed by atoms with Crippen LogP contribution in [0.3, 0.4) is 0 Å². The fraction of sp³-hybridized carbons (Fsp3) is 0.235. The van der Waals surface area contributed by atoms with E-state index in [9.17, 15) is 0 Å². The summed E-state index contributed by atoms with van der Waals surface area (Å²) in [6.07, 6.45) is 3.49. The highest BCUT2D eigenvalue weighted by molar-refractivity contribution is 5.96. The van der Waals surface area contributed by atoms with Crippen molar-refractivity contribution in [1.82, 2.24) is 9.80 Å². The Balaban J connectivity index is 1.62. The number of para-hydroxylation sites is 4. The minimum atomic E-state index is 0.809. The largest absolute Gasteiger partial charge is 0.349 e. The molecule has 5 rings (SSSR count). The van der Waals surface area contributed by atoms with Crippen molar-refractivity contribution in [2.24, 2.45) is 9.98 Å². The van der Waals surface area contributed by atoms with Gasteiger partial charge < -0.3 is 20.4 Å². The minimum absolute atomic E-state index is 0.809. The SMILES string of the molecule is CN(C)C1=Nc2ccccc2CCc2ccccc2NC(N(C)C)=Nc2ccccc2CCc2ccccc2N1. The van der Waals surface area contributed by atoms with Gasteiger partial charge in [-0.15, -0.1) is 0 Å². The van der Waals surface area contributed by atoms with Crippen LogP contribution in [0.5, 0.6) is 0 Å². The quantitative estimate of drug-likeness (QED) is 0.260. The third kappa shape index (κ3) is 6.52. The number of rotatable bonds is 0. The average Bonchev–Trinajstić information content (AvgIpc) is 2.96. The van der Waals surface area contributed by atoms with E-state index >= 15 is 0 Å². The maximum Gasteiger partial charge on any atom is 0.203 e. The van der Waals surface area contributed by atoms with E-state index in [0.717, 1.165) is 60.4 Å². The van der Waals surface area contributed by atoms with Crippen LogP contribution in [0.15, 0.2) is 107 Å². The molecule has 1 heterocycles. The van der Waals surface area contributed by atoms with E-state index in [-0.39, 0.29) is 0 Å². The first-order chi connectivity index (χ1) is 19.5. The van der Waals surface area contributed by atoms with Gasteiger partial charge in [-0.1, -0.05) is 72.8 Å². The van der Waals surface area contributed by atoms with E-state index in [0.29, 0.717) is 0 Å². The van der Waals surface area contributed by atoms with Gasteiger partial charge in [0.1, 0.15) is 0 Å². The van der Waals surface area contributed by atoms with E-state index in [1.54, 1.807) is 0 Å². The molecule has 6 heteroatoms. The molecule has 40 heavy (non-hydrogen) atoms. The van der Waals surface area contributed by atoms with E-state index < -0.39 is 0 Å². The molecular formula is C34H38N6. The molecule has 0 aromatic heterocycles. The zero-order chi connectivity index (χ0) is 27.9. The summed E-state index contributed by atoms with van der Waals surface area (Å²) in [6.45, 7) is 0. The number of aryl methyl sites for hydroxylation is 4. The number of nitrogens with zero attached hydrogens (tertiary/aromatic N) is 4. The lowest BCUT2D eigenvalue weighted by molar-refractivity contribution is 0.620. The standard InChI is InChI=1S/C34H38N6/c1-39(2)33-35-29-17-9-5-13-25(29)21-23-27-15-7-11-19-31(27)37-34(40(3)4)38-32-20-12-8-16-28(32)24-22-26-14-6-10-18-30(26)36-33/h5-20H,21-24H2,1-4H3,(H,35,36)(H,37,38). The number of guanidine groups is 2. The summed E-state index contributed by atoms with van der Waals surface area (Å²) in [5.41, 5.74) is 9.00. The van der Waals surface area contributed by atoms with E-state index in [2.05, 4.69) is 108 Å². The molecule has 2 N–H and O–H groups in total. The molecule has 0 unspecified atom stereocenters. The fourth-order valence-corrected chi connectivity index (χ4v) is 4.87. The third-order valence-electron chi connectivity index (χ3n) is 7.14. The molecule has 0 bridgehead atoms. The van der Waals surface area contributed by atoms with Gasteiger partial charge in [0, 0.05) is 39.6 Å². The van der Waals surface area contributed by atoms with E-state index in [1.165, 1.54) is 22.3 Å². The normalized spacial score (nSPS) is 13.8. The van der Waals surface area contributed by atoms with Crippen LogP contribution in [0.4, 0.5) is 22.7 Å². The van der Waals surface area contributed by atoms with Crippen molar-refractivity contribution in [2.75, 3.05) is 38.8 Å². The number of anilines is 2. The van der Waals surface area contributed by atoms with Gasteiger partial charge in [0.05, 0.1) is 11.4 Å². The molecule has 6 nitrogen and oxygen atoms in total. The van der Waals surface area contributed by atoms with Gasteiger partial charge in [0.2, 0.25) is 11.9 Å². The number of nitrogens with one attached hydrogen (secondary N) is 2. The molecular weight excluding hydrogens is 492 g/mol. The molecule has 1 aliphatic rings. The van der Waals surface area contributed by atoms with Gasteiger partial charge in [0.15, 0.2) is 0 Å². The van der Waals surface area contributed by atoms with Gasteiger partial charge in [-0.3, -0.25) is 0 Å². The predicted molar refractivity (Wildman–Crippen MR) is 169 cm³/mol. The van der Waals surface area contributed by atoms with Crippen LogP contribution < -0.4 is 10.6 Å². The first-order valence-electron chi connectivity index (χ1n) is 13.9. The van der Waals surface area contributed by atoms with Crippen LogP contribution in [-0.2, 0) is 25.7 Å². The molecule has 4 aromatic rings. The van der Waals surface area contributed by atoms with Crippen molar-refractivity contribution in [2.45, 2.75) is 25.7 Å². The second-order valence-electron chi connectivity index (χ2n) is 10.5. The maximum atomic E-state index is 5.12. The Morgan fingerprint density at radius 3 is 1.18 bits per heavy atom. The van der Waals surface area contributed by atoms with Crippen molar-refractivity contribution in [3.8, 4) is 0 Å². The van der Waals surface area contributed by atoms with Crippen LogP contribution in [0.25, 0.3) is 0 Å². The Morgan fingerprint density at radius 2 is 0.775 bits per heavy atom. The van der Waals surface area contributed by atoms with Crippen molar-refractivity contribution in [3.05, 3.63) is 119 Å². The summed E-state index contributed by atoms with van der Waals surface area (Å²) >= 11 is 0. The van der Waals surface area contributed by atoms with Crippen LogP contribution in [0.1, 0.15) is 22.3 Å². The van der Waals surface area contributed by atoms with Gasteiger partial charge >= 0.3 is 0 Å². The molecule has 204 valence electrons. The van der Waals surface area contributed by atoms with Crippen LogP contribution in [0.2, 0.25) is 0 Å². The first-order valence-corrected chi connectivity index (χ1v) is 13.9. The summed E-state index contributed by atoms with van der Waals surface area (Å²) in [4.78, 5) is 14.3. The molecule has 0 amide bonds. The smallest absolute Gasteiger partial charge is 0.203 e. The number of hydrogen-bond acceptors (Lipinski definition) is 6. The predicted octanol–water partition coefficient (Wildman–Crippen LogP) is 6.89. The summed E-state index contributed by atoms with van der Waals surface area (Å²) in [5, 5.41) is 7.27. The number of benzene rings is 4. The second-order valence-corrected chi connectivity index (χ2v) is 10.5. The van der Waals surface area contributed by atoms with Gasteiger partial charge in [-0.05, 0) is 72.2 Å². The molecule has 0 aliphatic carbocycles. The highest BCUT2D eigenvalue weighted by Gasteiger charge is 2.13. The Kier molecular flexibility index (Phi) is 8.45. The average molecular weight is 531 g/mol. The Labute approximate surface area is 238 Å². The monoisotopic (exact) mass is 530 g/mol. The Hall–Kier alpha value is -4.58. The highest BCUT2D eigenvalue weighted by Crippen LogP contribution is 2.27. The molecule has 0 radical (unpaired) electrons. The zero-order valence-corrected chi connectivity index (χ0v) is 23.9. The number of aliphatic imine (C=N–C) groups is 2. The van der Waals surface area contributed by atoms with Crippen molar-refractivity contribution in [1.29, 1.82) is 0 Å². The highest BCUT2D eigenvalue weighted by atomic mass is 15.3. The topological polar surface area (TPSA) is 55.3 Å². The Bertz CT molecular complexity index is 1400. The second kappa shape index (κ2) is 12.5. The number of hydrogen-bond donors (Lipinski definition) is 2. The molecule has 0 spiro atoms.